The molecule has 1 aliphatic heterocycles. The molecule has 3 rings (SSSR count). The average Bonchev–Trinajstić information content (AvgIpc) is 3.04. The van der Waals surface area contributed by atoms with Gasteiger partial charge in [-0.25, -0.2) is 4.68 Å². The second kappa shape index (κ2) is 7.98. The largest absolute Gasteiger partial charge is 0.497 e. The van der Waals surface area contributed by atoms with Gasteiger partial charge in [0, 0.05) is 24.6 Å². The van der Waals surface area contributed by atoms with Crippen molar-refractivity contribution in [2.75, 3.05) is 31.7 Å². The molecule has 1 atom stereocenters. The van der Waals surface area contributed by atoms with Gasteiger partial charge in [-0.2, -0.15) is 11.8 Å². The van der Waals surface area contributed by atoms with Gasteiger partial charge in [0.15, 0.2) is 5.82 Å². The molecule has 130 valence electrons. The first kappa shape index (κ1) is 17.2. The molecule has 0 aliphatic carbocycles. The summed E-state index contributed by atoms with van der Waals surface area (Å²) in [5.74, 6) is 4.66. The summed E-state index contributed by atoms with van der Waals surface area (Å²) in [6.45, 7) is 7.38. The molecule has 1 saturated heterocycles. The van der Waals surface area contributed by atoms with Gasteiger partial charge in [-0.1, -0.05) is 26.0 Å². The van der Waals surface area contributed by atoms with E-state index in [4.69, 9.17) is 4.74 Å². The van der Waals surface area contributed by atoms with Crippen molar-refractivity contribution < 1.29 is 4.74 Å². The Morgan fingerprint density at radius 2 is 1.88 bits per heavy atom. The topological polar surface area (TPSA) is 56.1 Å². The summed E-state index contributed by atoms with van der Waals surface area (Å²) in [5.41, 5.74) is 1.17. The summed E-state index contributed by atoms with van der Waals surface area (Å²) >= 11 is 2.02. The molecule has 1 aromatic carbocycles. The summed E-state index contributed by atoms with van der Waals surface area (Å²) < 4.78 is 7.16. The number of rotatable bonds is 6. The molecule has 0 saturated carbocycles. The predicted octanol–water partition coefficient (Wildman–Crippen LogP) is 2.48. The minimum Gasteiger partial charge on any atom is -0.497 e. The van der Waals surface area contributed by atoms with Crippen LogP contribution in [-0.4, -0.2) is 56.8 Å². The first-order valence-corrected chi connectivity index (χ1v) is 9.55. The molecule has 0 bridgehead atoms. The maximum Gasteiger partial charge on any atom is 0.169 e. The summed E-state index contributed by atoms with van der Waals surface area (Å²) in [6, 6.07) is 8.33. The standard InChI is InChI=1S/C17H25N5OS/c1-13(2)16(21-8-10-24-11-9-21)17-18-19-20-22(17)12-14-4-6-15(23-3)7-5-14/h4-7,13,16H,8-12H2,1-3H3. The van der Waals surface area contributed by atoms with Crippen molar-refractivity contribution in [2.24, 2.45) is 5.92 Å². The van der Waals surface area contributed by atoms with Gasteiger partial charge in [0.05, 0.1) is 19.7 Å². The Labute approximate surface area is 147 Å². The number of methoxy groups -OCH3 is 1. The quantitative estimate of drug-likeness (QED) is 0.800. The summed E-state index contributed by atoms with van der Waals surface area (Å²) in [4.78, 5) is 2.53. The molecule has 1 aliphatic rings. The van der Waals surface area contributed by atoms with Crippen LogP contribution < -0.4 is 4.74 Å². The fourth-order valence-electron chi connectivity index (χ4n) is 3.18. The van der Waals surface area contributed by atoms with Crippen LogP contribution in [0.1, 0.15) is 31.3 Å². The van der Waals surface area contributed by atoms with E-state index in [1.54, 1.807) is 7.11 Å². The zero-order chi connectivity index (χ0) is 16.9. The maximum atomic E-state index is 5.22. The van der Waals surface area contributed by atoms with Crippen LogP contribution in [-0.2, 0) is 6.54 Å². The van der Waals surface area contributed by atoms with Crippen molar-refractivity contribution in [1.29, 1.82) is 0 Å². The van der Waals surface area contributed by atoms with Gasteiger partial charge in [-0.05, 0) is 34.0 Å². The molecule has 1 aromatic heterocycles. The number of tetrazole rings is 1. The molecule has 2 aromatic rings. The highest BCUT2D eigenvalue weighted by molar-refractivity contribution is 7.99. The Kier molecular flexibility index (Phi) is 5.73. The Balaban J connectivity index is 1.81. The fourth-order valence-corrected chi connectivity index (χ4v) is 4.11. The van der Waals surface area contributed by atoms with Gasteiger partial charge in [0.1, 0.15) is 5.75 Å². The zero-order valence-electron chi connectivity index (χ0n) is 14.6. The van der Waals surface area contributed by atoms with Crippen LogP contribution in [0.15, 0.2) is 24.3 Å². The van der Waals surface area contributed by atoms with Crippen LogP contribution in [0.2, 0.25) is 0 Å². The van der Waals surface area contributed by atoms with E-state index in [9.17, 15) is 0 Å². The van der Waals surface area contributed by atoms with Crippen molar-refractivity contribution in [2.45, 2.75) is 26.4 Å². The highest BCUT2D eigenvalue weighted by Gasteiger charge is 2.29. The lowest BCUT2D eigenvalue weighted by Gasteiger charge is -2.35. The van der Waals surface area contributed by atoms with Crippen molar-refractivity contribution >= 4 is 11.8 Å². The molecule has 6 nitrogen and oxygen atoms in total. The number of hydrogen-bond acceptors (Lipinski definition) is 6. The Morgan fingerprint density at radius 1 is 1.17 bits per heavy atom. The maximum absolute atomic E-state index is 5.22. The van der Waals surface area contributed by atoms with E-state index in [1.165, 1.54) is 17.1 Å². The molecular formula is C17H25N5OS. The summed E-state index contributed by atoms with van der Waals surface area (Å²) in [6.07, 6.45) is 0. The van der Waals surface area contributed by atoms with Crippen LogP contribution in [0.3, 0.4) is 0 Å². The van der Waals surface area contributed by atoms with Crippen LogP contribution in [0.4, 0.5) is 0 Å². The third kappa shape index (κ3) is 3.89. The lowest BCUT2D eigenvalue weighted by Crippen LogP contribution is -2.39. The predicted molar refractivity (Wildman–Crippen MR) is 96.4 cm³/mol. The molecule has 1 unspecified atom stereocenters. The van der Waals surface area contributed by atoms with Gasteiger partial charge >= 0.3 is 0 Å². The molecule has 0 amide bonds. The summed E-state index contributed by atoms with van der Waals surface area (Å²) in [7, 11) is 1.68. The number of hydrogen-bond donors (Lipinski definition) is 0. The zero-order valence-corrected chi connectivity index (χ0v) is 15.4. The lowest BCUT2D eigenvalue weighted by atomic mass is 10.0. The Bertz CT molecular complexity index is 637. The second-order valence-electron chi connectivity index (χ2n) is 6.38. The van der Waals surface area contributed by atoms with Gasteiger partial charge < -0.3 is 4.74 Å². The van der Waals surface area contributed by atoms with E-state index >= 15 is 0 Å². The molecule has 0 spiro atoms. The second-order valence-corrected chi connectivity index (χ2v) is 7.60. The fraction of sp³-hybridized carbons (Fsp3) is 0.588. The highest BCUT2D eigenvalue weighted by Crippen LogP contribution is 2.29. The van der Waals surface area contributed by atoms with Crippen molar-refractivity contribution in [1.82, 2.24) is 25.1 Å². The van der Waals surface area contributed by atoms with Crippen LogP contribution in [0.5, 0.6) is 5.75 Å². The van der Waals surface area contributed by atoms with E-state index in [0.717, 1.165) is 24.7 Å². The SMILES string of the molecule is COc1ccc(Cn2nnnc2C(C(C)C)N2CCSCC2)cc1. The molecular weight excluding hydrogens is 322 g/mol. The van der Waals surface area contributed by atoms with Crippen molar-refractivity contribution in [3.05, 3.63) is 35.7 Å². The third-order valence-electron chi connectivity index (χ3n) is 4.39. The number of ether oxygens (including phenoxy) is 1. The Morgan fingerprint density at radius 3 is 2.50 bits per heavy atom. The number of benzene rings is 1. The lowest BCUT2D eigenvalue weighted by molar-refractivity contribution is 0.158. The van der Waals surface area contributed by atoms with E-state index in [2.05, 4.69) is 46.4 Å². The number of nitrogens with zero attached hydrogens (tertiary/aromatic N) is 5. The monoisotopic (exact) mass is 347 g/mol. The van der Waals surface area contributed by atoms with Crippen LogP contribution in [0, 0.1) is 5.92 Å². The van der Waals surface area contributed by atoms with Crippen LogP contribution >= 0.6 is 11.8 Å². The normalized spacial score (nSPS) is 17.2. The van der Waals surface area contributed by atoms with Gasteiger partial charge in [0.25, 0.3) is 0 Å². The number of aromatic nitrogens is 4. The third-order valence-corrected chi connectivity index (χ3v) is 5.33. The van der Waals surface area contributed by atoms with E-state index in [-0.39, 0.29) is 6.04 Å². The molecule has 0 radical (unpaired) electrons. The van der Waals surface area contributed by atoms with Crippen LogP contribution in [0.25, 0.3) is 0 Å². The Hall–Kier alpha value is -1.60. The first-order valence-electron chi connectivity index (χ1n) is 8.40. The van der Waals surface area contributed by atoms with Gasteiger partial charge in [-0.15, -0.1) is 5.10 Å². The minimum absolute atomic E-state index is 0.263. The van der Waals surface area contributed by atoms with Crippen molar-refractivity contribution in [3.8, 4) is 5.75 Å². The number of thioether (sulfide) groups is 1. The van der Waals surface area contributed by atoms with E-state index in [0.29, 0.717) is 12.5 Å². The molecule has 0 N–H and O–H groups in total. The molecule has 2 heterocycles. The van der Waals surface area contributed by atoms with Crippen molar-refractivity contribution in [3.63, 3.8) is 0 Å². The summed E-state index contributed by atoms with van der Waals surface area (Å²) in [5, 5.41) is 12.6. The molecule has 24 heavy (non-hydrogen) atoms. The smallest absolute Gasteiger partial charge is 0.169 e. The van der Waals surface area contributed by atoms with Gasteiger partial charge in [0.2, 0.25) is 0 Å². The minimum atomic E-state index is 0.263. The average molecular weight is 347 g/mol. The van der Waals surface area contributed by atoms with E-state index < -0.39 is 0 Å². The highest BCUT2D eigenvalue weighted by atomic mass is 32.2. The molecule has 7 heteroatoms. The van der Waals surface area contributed by atoms with E-state index in [1.807, 2.05) is 28.6 Å². The van der Waals surface area contributed by atoms with Gasteiger partial charge in [-0.3, -0.25) is 4.90 Å². The first-order chi connectivity index (χ1) is 11.7. The molecule has 1 fully saturated rings.